The van der Waals surface area contributed by atoms with Gasteiger partial charge >= 0.3 is 0 Å². The van der Waals surface area contributed by atoms with Gasteiger partial charge in [-0.25, -0.2) is 9.07 Å². The molecule has 1 fully saturated rings. The average molecular weight is 359 g/mol. The number of ether oxygens (including phenoxy) is 1. The third kappa shape index (κ3) is 4.12. The molecule has 140 valence electrons. The highest BCUT2D eigenvalue weighted by molar-refractivity contribution is 5.96. The van der Waals surface area contributed by atoms with E-state index in [2.05, 4.69) is 24.3 Å². The summed E-state index contributed by atoms with van der Waals surface area (Å²) in [5.41, 5.74) is 2.89. The number of benzene rings is 1. The van der Waals surface area contributed by atoms with E-state index in [9.17, 15) is 9.18 Å². The Kier molecular flexibility index (Phi) is 5.71. The van der Waals surface area contributed by atoms with Crippen molar-refractivity contribution >= 4 is 5.91 Å². The van der Waals surface area contributed by atoms with Gasteiger partial charge in [-0.1, -0.05) is 13.8 Å². The fourth-order valence-corrected chi connectivity index (χ4v) is 3.32. The van der Waals surface area contributed by atoms with Crippen molar-refractivity contribution in [3.8, 4) is 5.69 Å². The number of carbonyl (C=O) groups excluding carboxylic acids is 1. The lowest BCUT2D eigenvalue weighted by molar-refractivity contribution is 0.0856. The van der Waals surface area contributed by atoms with Crippen LogP contribution in [0.2, 0.25) is 0 Å². The topological polar surface area (TPSA) is 56.1 Å². The van der Waals surface area contributed by atoms with Gasteiger partial charge in [-0.3, -0.25) is 4.79 Å². The number of nitrogens with one attached hydrogen (secondary N) is 1. The number of rotatable bonds is 6. The Labute approximate surface area is 153 Å². The first-order valence-electron chi connectivity index (χ1n) is 9.20. The van der Waals surface area contributed by atoms with E-state index in [-0.39, 0.29) is 17.8 Å². The molecule has 0 radical (unpaired) electrons. The van der Waals surface area contributed by atoms with Crippen molar-refractivity contribution < 1.29 is 13.9 Å². The van der Waals surface area contributed by atoms with E-state index in [0.29, 0.717) is 24.4 Å². The van der Waals surface area contributed by atoms with Crippen LogP contribution in [0.5, 0.6) is 0 Å². The van der Waals surface area contributed by atoms with Crippen LogP contribution >= 0.6 is 0 Å². The van der Waals surface area contributed by atoms with Crippen LogP contribution in [-0.2, 0) is 11.2 Å². The Morgan fingerprint density at radius 2 is 2.12 bits per heavy atom. The van der Waals surface area contributed by atoms with Crippen LogP contribution in [0.3, 0.4) is 0 Å². The van der Waals surface area contributed by atoms with Gasteiger partial charge in [0.2, 0.25) is 0 Å². The zero-order valence-electron chi connectivity index (χ0n) is 15.6. The standard InChI is InChI=1S/C20H26FN3O2/c1-13(2)11-18-19(20(25)22-12-17-5-4-10-26-17)14(3)24(23-18)16-8-6-15(21)7-9-16/h6-9,13,17H,4-5,10-12H2,1-3H3,(H,22,25)/t17-/m0/s1. The summed E-state index contributed by atoms with van der Waals surface area (Å²) < 4.78 is 20.5. The lowest BCUT2D eigenvalue weighted by Gasteiger charge is -2.12. The maximum atomic E-state index is 13.2. The van der Waals surface area contributed by atoms with E-state index < -0.39 is 0 Å². The summed E-state index contributed by atoms with van der Waals surface area (Å²) in [6.45, 7) is 7.35. The van der Waals surface area contributed by atoms with Gasteiger partial charge in [0.1, 0.15) is 5.82 Å². The number of aromatic nitrogens is 2. The van der Waals surface area contributed by atoms with Gasteiger partial charge in [0, 0.05) is 13.2 Å². The molecule has 1 aliphatic rings. The maximum absolute atomic E-state index is 13.2. The van der Waals surface area contributed by atoms with Crippen molar-refractivity contribution in [3.05, 3.63) is 47.0 Å². The molecule has 1 N–H and O–H groups in total. The molecule has 26 heavy (non-hydrogen) atoms. The SMILES string of the molecule is Cc1c(C(=O)NC[C@@H]2CCCO2)c(CC(C)C)nn1-c1ccc(F)cc1. The van der Waals surface area contributed by atoms with Gasteiger partial charge in [0.25, 0.3) is 5.91 Å². The molecule has 0 bridgehead atoms. The molecular formula is C20H26FN3O2. The monoisotopic (exact) mass is 359 g/mol. The summed E-state index contributed by atoms with van der Waals surface area (Å²) in [6.07, 6.45) is 2.82. The van der Waals surface area contributed by atoms with Gasteiger partial charge in [0.15, 0.2) is 0 Å². The molecule has 6 heteroatoms. The minimum atomic E-state index is -0.296. The van der Waals surface area contributed by atoms with E-state index in [1.54, 1.807) is 16.8 Å². The number of hydrogen-bond acceptors (Lipinski definition) is 3. The molecule has 0 aliphatic carbocycles. The van der Waals surface area contributed by atoms with Crippen LogP contribution in [-0.4, -0.2) is 34.9 Å². The van der Waals surface area contributed by atoms with Crippen molar-refractivity contribution in [2.75, 3.05) is 13.2 Å². The van der Waals surface area contributed by atoms with E-state index in [1.165, 1.54) is 12.1 Å². The highest BCUT2D eigenvalue weighted by Gasteiger charge is 2.24. The van der Waals surface area contributed by atoms with Crippen LogP contribution in [0.4, 0.5) is 4.39 Å². The molecule has 1 atom stereocenters. The van der Waals surface area contributed by atoms with Gasteiger partial charge < -0.3 is 10.1 Å². The number of amides is 1. The zero-order valence-corrected chi connectivity index (χ0v) is 15.6. The van der Waals surface area contributed by atoms with E-state index in [1.807, 2.05) is 6.92 Å². The van der Waals surface area contributed by atoms with Crippen molar-refractivity contribution in [1.29, 1.82) is 0 Å². The van der Waals surface area contributed by atoms with Crippen molar-refractivity contribution in [2.45, 2.75) is 46.1 Å². The summed E-state index contributed by atoms with van der Waals surface area (Å²) in [5, 5.41) is 7.64. The highest BCUT2D eigenvalue weighted by Crippen LogP contribution is 2.21. The number of nitrogens with zero attached hydrogens (tertiary/aromatic N) is 2. The third-order valence-corrected chi connectivity index (χ3v) is 4.60. The molecule has 1 saturated heterocycles. The van der Waals surface area contributed by atoms with E-state index in [0.717, 1.165) is 36.5 Å². The van der Waals surface area contributed by atoms with Crippen LogP contribution < -0.4 is 5.32 Å². The summed E-state index contributed by atoms with van der Waals surface area (Å²) >= 11 is 0. The van der Waals surface area contributed by atoms with Gasteiger partial charge in [-0.15, -0.1) is 0 Å². The van der Waals surface area contributed by atoms with Crippen LogP contribution in [0.15, 0.2) is 24.3 Å². The molecule has 3 rings (SSSR count). The largest absolute Gasteiger partial charge is 0.376 e. The van der Waals surface area contributed by atoms with E-state index >= 15 is 0 Å². The molecule has 2 heterocycles. The molecule has 1 aliphatic heterocycles. The summed E-state index contributed by atoms with van der Waals surface area (Å²) in [6, 6.07) is 6.14. The van der Waals surface area contributed by atoms with Gasteiger partial charge in [0.05, 0.1) is 28.7 Å². The maximum Gasteiger partial charge on any atom is 0.255 e. The summed E-state index contributed by atoms with van der Waals surface area (Å²) in [5.74, 6) is -0.0480. The Balaban J connectivity index is 1.88. The normalized spacial score (nSPS) is 17.0. The Morgan fingerprint density at radius 1 is 1.38 bits per heavy atom. The van der Waals surface area contributed by atoms with Gasteiger partial charge in [-0.2, -0.15) is 5.10 Å². The second-order valence-corrected chi connectivity index (χ2v) is 7.24. The summed E-state index contributed by atoms with van der Waals surface area (Å²) in [7, 11) is 0. The molecule has 0 saturated carbocycles. The average Bonchev–Trinajstić information content (AvgIpc) is 3.21. The quantitative estimate of drug-likeness (QED) is 0.860. The molecule has 5 nitrogen and oxygen atoms in total. The predicted molar refractivity (Wildman–Crippen MR) is 98.1 cm³/mol. The number of carbonyl (C=O) groups is 1. The van der Waals surface area contributed by atoms with E-state index in [4.69, 9.17) is 4.74 Å². The van der Waals surface area contributed by atoms with Gasteiger partial charge in [-0.05, 0) is 56.4 Å². The molecule has 1 amide bonds. The lowest BCUT2D eigenvalue weighted by Crippen LogP contribution is -2.32. The fraction of sp³-hybridized carbons (Fsp3) is 0.500. The first-order valence-corrected chi connectivity index (χ1v) is 9.20. The molecule has 0 spiro atoms. The molecule has 1 aromatic carbocycles. The predicted octanol–water partition coefficient (Wildman–Crippen LogP) is 3.43. The van der Waals surface area contributed by atoms with Crippen LogP contribution in [0.25, 0.3) is 5.69 Å². The number of hydrogen-bond donors (Lipinski definition) is 1. The minimum absolute atomic E-state index is 0.0972. The molecule has 1 aromatic heterocycles. The lowest BCUT2D eigenvalue weighted by atomic mass is 10.0. The van der Waals surface area contributed by atoms with Crippen LogP contribution in [0.1, 0.15) is 48.4 Å². The fourth-order valence-electron chi connectivity index (χ4n) is 3.32. The number of halogens is 1. The Bertz CT molecular complexity index is 762. The zero-order chi connectivity index (χ0) is 18.7. The Hall–Kier alpha value is -2.21. The van der Waals surface area contributed by atoms with Crippen LogP contribution in [0, 0.1) is 18.7 Å². The third-order valence-electron chi connectivity index (χ3n) is 4.60. The minimum Gasteiger partial charge on any atom is -0.376 e. The smallest absolute Gasteiger partial charge is 0.255 e. The first kappa shape index (κ1) is 18.6. The van der Waals surface area contributed by atoms with Crippen molar-refractivity contribution in [2.24, 2.45) is 5.92 Å². The second-order valence-electron chi connectivity index (χ2n) is 7.24. The molecule has 0 unspecified atom stereocenters. The first-order chi connectivity index (χ1) is 12.5. The second kappa shape index (κ2) is 7.99. The van der Waals surface area contributed by atoms with Crippen molar-refractivity contribution in [1.82, 2.24) is 15.1 Å². The summed E-state index contributed by atoms with van der Waals surface area (Å²) in [4.78, 5) is 12.8. The molecule has 2 aromatic rings. The highest BCUT2D eigenvalue weighted by atomic mass is 19.1. The van der Waals surface area contributed by atoms with Crippen molar-refractivity contribution in [3.63, 3.8) is 0 Å². The molecular weight excluding hydrogens is 333 g/mol. The Morgan fingerprint density at radius 3 is 2.73 bits per heavy atom.